The predicted octanol–water partition coefficient (Wildman–Crippen LogP) is 3.34. The number of hydrogen-bond donors (Lipinski definition) is 1. The van der Waals surface area contributed by atoms with Crippen LogP contribution >= 0.6 is 0 Å². The topological polar surface area (TPSA) is 63.9 Å². The predicted molar refractivity (Wildman–Crippen MR) is 126 cm³/mol. The van der Waals surface area contributed by atoms with Gasteiger partial charge < -0.3 is 14.8 Å². The zero-order valence-corrected chi connectivity index (χ0v) is 19.1. The first-order valence-electron chi connectivity index (χ1n) is 11.7. The molecule has 2 saturated heterocycles. The van der Waals surface area contributed by atoms with Crippen molar-refractivity contribution in [1.29, 1.82) is 0 Å². The highest BCUT2D eigenvalue weighted by Gasteiger charge is 2.20. The highest BCUT2D eigenvalue weighted by molar-refractivity contribution is 5.78. The summed E-state index contributed by atoms with van der Waals surface area (Å²) in [7, 11) is 0. The number of nitrogens with one attached hydrogen (secondary N) is 1. The first-order valence-corrected chi connectivity index (χ1v) is 11.7. The average molecular weight is 436 g/mol. The van der Waals surface area contributed by atoms with E-state index in [0.717, 1.165) is 93.7 Å². The number of morpholine rings is 1. The number of benzene rings is 1. The molecule has 170 valence electrons. The van der Waals surface area contributed by atoms with Crippen molar-refractivity contribution in [3.8, 4) is 11.1 Å². The minimum absolute atomic E-state index is 0.541. The summed E-state index contributed by atoms with van der Waals surface area (Å²) in [6, 6.07) is 8.75. The summed E-state index contributed by atoms with van der Waals surface area (Å²) >= 11 is 0. The highest BCUT2D eigenvalue weighted by atomic mass is 16.5. The lowest BCUT2D eigenvalue weighted by Crippen LogP contribution is -2.39. The standard InChI is InChI=1S/C25H33N5O2/c1-18-3-4-21(13-19(18)2)23-16-27-30-24(26-6-7-29-8-11-31-12-9-29)15-22(28-25(23)30)14-20-5-10-32-17-20/h3-4,13,15-16,20,26H,5-12,14,17H2,1-2H3. The third kappa shape index (κ3) is 4.65. The van der Waals surface area contributed by atoms with Crippen molar-refractivity contribution >= 4 is 11.5 Å². The lowest BCUT2D eigenvalue weighted by Gasteiger charge is -2.26. The SMILES string of the molecule is Cc1ccc(-c2cnn3c(NCCN4CCOCC4)cc(CC4CCOC4)nc23)cc1C. The van der Waals surface area contributed by atoms with Crippen LogP contribution in [0, 0.1) is 19.8 Å². The zero-order chi connectivity index (χ0) is 21.9. The van der Waals surface area contributed by atoms with Gasteiger partial charge in [-0.05, 0) is 49.3 Å². The van der Waals surface area contributed by atoms with Crippen molar-refractivity contribution in [2.75, 3.05) is 57.9 Å². The molecule has 2 fully saturated rings. The van der Waals surface area contributed by atoms with Crippen molar-refractivity contribution in [3.63, 3.8) is 0 Å². The smallest absolute Gasteiger partial charge is 0.165 e. The molecule has 0 aliphatic carbocycles. The van der Waals surface area contributed by atoms with Gasteiger partial charge in [-0.3, -0.25) is 4.90 Å². The fraction of sp³-hybridized carbons (Fsp3) is 0.520. The van der Waals surface area contributed by atoms with Gasteiger partial charge in [0.25, 0.3) is 0 Å². The number of aryl methyl sites for hydroxylation is 2. The molecule has 32 heavy (non-hydrogen) atoms. The molecule has 7 nitrogen and oxygen atoms in total. The number of ether oxygens (including phenoxy) is 2. The molecule has 7 heteroatoms. The molecule has 4 heterocycles. The van der Waals surface area contributed by atoms with Crippen LogP contribution in [0.3, 0.4) is 0 Å². The molecular formula is C25H33N5O2. The van der Waals surface area contributed by atoms with Crippen molar-refractivity contribution in [2.45, 2.75) is 26.7 Å². The van der Waals surface area contributed by atoms with Crippen molar-refractivity contribution in [3.05, 3.63) is 47.3 Å². The highest BCUT2D eigenvalue weighted by Crippen LogP contribution is 2.28. The van der Waals surface area contributed by atoms with Crippen LogP contribution in [0.2, 0.25) is 0 Å². The third-order valence-electron chi connectivity index (χ3n) is 6.70. The lowest BCUT2D eigenvalue weighted by molar-refractivity contribution is 0.0398. The second-order valence-electron chi connectivity index (χ2n) is 9.04. The van der Waals surface area contributed by atoms with E-state index >= 15 is 0 Å². The van der Waals surface area contributed by atoms with Crippen LogP contribution in [0.4, 0.5) is 5.82 Å². The molecule has 5 rings (SSSR count). The van der Waals surface area contributed by atoms with E-state index in [1.54, 1.807) is 0 Å². The van der Waals surface area contributed by atoms with Crippen LogP contribution in [-0.2, 0) is 15.9 Å². The Hall–Kier alpha value is -2.48. The Labute approximate surface area is 189 Å². The van der Waals surface area contributed by atoms with Crippen molar-refractivity contribution in [1.82, 2.24) is 19.5 Å². The summed E-state index contributed by atoms with van der Waals surface area (Å²) in [4.78, 5) is 7.50. The molecule has 3 aromatic rings. The molecule has 0 radical (unpaired) electrons. The maximum atomic E-state index is 5.60. The summed E-state index contributed by atoms with van der Waals surface area (Å²) in [5.41, 5.74) is 6.84. The maximum absolute atomic E-state index is 5.60. The Kier molecular flexibility index (Phi) is 6.39. The van der Waals surface area contributed by atoms with E-state index in [0.29, 0.717) is 5.92 Å². The van der Waals surface area contributed by atoms with Crippen LogP contribution in [-0.4, -0.2) is 72.1 Å². The number of hydrogen-bond acceptors (Lipinski definition) is 6. The zero-order valence-electron chi connectivity index (χ0n) is 19.1. The van der Waals surface area contributed by atoms with Crippen molar-refractivity contribution < 1.29 is 9.47 Å². The van der Waals surface area contributed by atoms with Gasteiger partial charge in [0.05, 0.1) is 19.4 Å². The second kappa shape index (κ2) is 9.57. The van der Waals surface area contributed by atoms with Crippen LogP contribution in [0.5, 0.6) is 0 Å². The van der Waals surface area contributed by atoms with E-state index in [-0.39, 0.29) is 0 Å². The molecule has 0 amide bonds. The monoisotopic (exact) mass is 435 g/mol. The summed E-state index contributed by atoms with van der Waals surface area (Å²) in [5.74, 6) is 1.55. The molecule has 1 N–H and O–H groups in total. The summed E-state index contributed by atoms with van der Waals surface area (Å²) in [5, 5.41) is 8.35. The van der Waals surface area contributed by atoms with E-state index in [4.69, 9.17) is 19.6 Å². The fourth-order valence-corrected chi connectivity index (χ4v) is 4.56. The van der Waals surface area contributed by atoms with E-state index in [9.17, 15) is 0 Å². The van der Waals surface area contributed by atoms with Crippen LogP contribution in [0.15, 0.2) is 30.5 Å². The first kappa shape index (κ1) is 21.4. The molecule has 1 unspecified atom stereocenters. The van der Waals surface area contributed by atoms with E-state index in [1.165, 1.54) is 11.1 Å². The van der Waals surface area contributed by atoms with Gasteiger partial charge in [0.15, 0.2) is 5.65 Å². The van der Waals surface area contributed by atoms with E-state index < -0.39 is 0 Å². The molecule has 1 atom stereocenters. The summed E-state index contributed by atoms with van der Waals surface area (Å²) < 4.78 is 13.0. The number of nitrogens with zero attached hydrogens (tertiary/aromatic N) is 4. The Bertz CT molecular complexity index is 1070. The molecule has 0 spiro atoms. The van der Waals surface area contributed by atoms with E-state index in [2.05, 4.69) is 48.3 Å². The fourth-order valence-electron chi connectivity index (χ4n) is 4.56. The maximum Gasteiger partial charge on any atom is 0.165 e. The lowest BCUT2D eigenvalue weighted by atomic mass is 10.0. The number of fused-ring (bicyclic) bond motifs is 1. The molecule has 2 aromatic heterocycles. The van der Waals surface area contributed by atoms with Gasteiger partial charge in [-0.1, -0.05) is 18.2 Å². The van der Waals surface area contributed by atoms with Gasteiger partial charge >= 0.3 is 0 Å². The molecule has 1 aromatic carbocycles. The molecule has 2 aliphatic rings. The van der Waals surface area contributed by atoms with Gasteiger partial charge in [-0.15, -0.1) is 0 Å². The number of anilines is 1. The van der Waals surface area contributed by atoms with Gasteiger partial charge in [-0.2, -0.15) is 9.61 Å². The summed E-state index contributed by atoms with van der Waals surface area (Å²) in [6.07, 6.45) is 3.99. The molecule has 0 saturated carbocycles. The number of aromatic nitrogens is 3. The Morgan fingerprint density at radius 2 is 1.94 bits per heavy atom. The van der Waals surface area contributed by atoms with Gasteiger partial charge in [0.1, 0.15) is 5.82 Å². The van der Waals surface area contributed by atoms with Crippen LogP contribution in [0.1, 0.15) is 23.2 Å². The van der Waals surface area contributed by atoms with Crippen molar-refractivity contribution in [2.24, 2.45) is 5.92 Å². The van der Waals surface area contributed by atoms with Gasteiger partial charge in [-0.25, -0.2) is 4.98 Å². The Balaban J connectivity index is 1.44. The molecule has 2 aliphatic heterocycles. The third-order valence-corrected chi connectivity index (χ3v) is 6.70. The minimum atomic E-state index is 0.541. The normalized spacial score (nSPS) is 19.6. The van der Waals surface area contributed by atoms with Crippen LogP contribution in [0.25, 0.3) is 16.8 Å². The molecule has 0 bridgehead atoms. The Morgan fingerprint density at radius 3 is 2.72 bits per heavy atom. The van der Waals surface area contributed by atoms with Gasteiger partial charge in [0, 0.05) is 56.7 Å². The second-order valence-corrected chi connectivity index (χ2v) is 9.04. The minimum Gasteiger partial charge on any atom is -0.381 e. The number of rotatable bonds is 7. The average Bonchev–Trinajstić information content (AvgIpc) is 3.46. The Morgan fingerprint density at radius 1 is 1.06 bits per heavy atom. The quantitative estimate of drug-likeness (QED) is 0.614. The van der Waals surface area contributed by atoms with Crippen LogP contribution < -0.4 is 5.32 Å². The summed E-state index contributed by atoms with van der Waals surface area (Å²) in [6.45, 7) is 11.5. The first-order chi connectivity index (χ1) is 15.7. The largest absolute Gasteiger partial charge is 0.381 e. The molecular weight excluding hydrogens is 402 g/mol. The van der Waals surface area contributed by atoms with Gasteiger partial charge in [0.2, 0.25) is 0 Å². The van der Waals surface area contributed by atoms with E-state index in [1.807, 2.05) is 10.7 Å².